The Morgan fingerprint density at radius 2 is 1.74 bits per heavy atom. The molecule has 3 aromatic carbocycles. The molecule has 1 heterocycles. The molecule has 4 aromatic rings. The lowest BCUT2D eigenvalue weighted by Crippen LogP contribution is -2.31. The molecule has 0 spiro atoms. The zero-order valence-electron chi connectivity index (χ0n) is 19.9. The van der Waals surface area contributed by atoms with Gasteiger partial charge in [0.25, 0.3) is 5.91 Å². The Labute approximate surface area is 204 Å². The summed E-state index contributed by atoms with van der Waals surface area (Å²) in [7, 11) is 1.52. The fourth-order valence-corrected chi connectivity index (χ4v) is 4.11. The van der Waals surface area contributed by atoms with Crippen molar-refractivity contribution in [3.8, 4) is 5.75 Å². The van der Waals surface area contributed by atoms with E-state index in [1.54, 1.807) is 31.2 Å². The van der Waals surface area contributed by atoms with Gasteiger partial charge in [-0.25, -0.2) is 4.98 Å². The topological polar surface area (TPSA) is 93.3 Å². The van der Waals surface area contributed by atoms with Gasteiger partial charge >= 0.3 is 5.97 Å². The zero-order chi connectivity index (χ0) is 24.6. The predicted molar refractivity (Wildman–Crippen MR) is 134 cm³/mol. The van der Waals surface area contributed by atoms with Gasteiger partial charge in [-0.05, 0) is 37.1 Å². The Kier molecular flexibility index (Phi) is 7.77. The lowest BCUT2D eigenvalue weighted by Gasteiger charge is -2.20. The summed E-state index contributed by atoms with van der Waals surface area (Å²) in [5, 5.41) is 3.00. The molecule has 0 aliphatic heterocycles. The third-order valence-electron chi connectivity index (χ3n) is 5.79. The minimum atomic E-state index is -0.625. The molecule has 35 heavy (non-hydrogen) atoms. The van der Waals surface area contributed by atoms with Crippen LogP contribution in [0.15, 0.2) is 72.8 Å². The van der Waals surface area contributed by atoms with E-state index in [0.717, 1.165) is 35.3 Å². The van der Waals surface area contributed by atoms with Crippen molar-refractivity contribution in [2.24, 2.45) is 0 Å². The number of methoxy groups -OCH3 is 1. The zero-order valence-corrected chi connectivity index (χ0v) is 19.9. The van der Waals surface area contributed by atoms with Crippen LogP contribution >= 0.6 is 0 Å². The molecule has 0 radical (unpaired) electrons. The normalized spacial score (nSPS) is 11.7. The molecule has 1 aromatic heterocycles. The van der Waals surface area contributed by atoms with Crippen LogP contribution in [0.4, 0.5) is 0 Å². The largest absolute Gasteiger partial charge is 0.496 e. The monoisotopic (exact) mass is 471 g/mol. The number of nitrogens with zero attached hydrogens (tertiary/aromatic N) is 1. The van der Waals surface area contributed by atoms with E-state index < -0.39 is 12.0 Å². The Morgan fingerprint density at radius 1 is 0.971 bits per heavy atom. The van der Waals surface area contributed by atoms with Gasteiger partial charge in [0.05, 0.1) is 42.8 Å². The molecule has 0 aliphatic carbocycles. The first-order valence-electron chi connectivity index (χ1n) is 11.7. The van der Waals surface area contributed by atoms with Crippen LogP contribution < -0.4 is 10.1 Å². The molecule has 7 nitrogen and oxygen atoms in total. The number of hydrogen-bond donors (Lipinski definition) is 2. The maximum atomic E-state index is 13.2. The number of imidazole rings is 1. The number of ether oxygens (including phenoxy) is 2. The molecule has 1 amide bonds. The van der Waals surface area contributed by atoms with E-state index in [2.05, 4.69) is 22.4 Å². The molecule has 1 unspecified atom stereocenters. The number of carbonyl (C=O) groups excluding carboxylic acids is 2. The number of benzene rings is 3. The van der Waals surface area contributed by atoms with Crippen LogP contribution in [-0.4, -0.2) is 35.6 Å². The van der Waals surface area contributed by atoms with Crippen LogP contribution in [-0.2, 0) is 22.4 Å². The molecular weight excluding hydrogens is 442 g/mol. The average molecular weight is 472 g/mol. The highest BCUT2D eigenvalue weighted by Crippen LogP contribution is 2.27. The Hall–Kier alpha value is -4.13. The van der Waals surface area contributed by atoms with E-state index in [0.29, 0.717) is 11.3 Å². The smallest absolute Gasteiger partial charge is 0.308 e. The maximum Gasteiger partial charge on any atom is 0.308 e. The molecular formula is C28H29N3O4. The molecule has 0 bridgehead atoms. The molecule has 0 saturated carbocycles. The summed E-state index contributed by atoms with van der Waals surface area (Å²) < 4.78 is 10.5. The number of nitrogens with one attached hydrogen (secondary N) is 2. The summed E-state index contributed by atoms with van der Waals surface area (Å²) >= 11 is 0. The second kappa shape index (κ2) is 11.3. The average Bonchev–Trinajstić information content (AvgIpc) is 3.31. The first-order chi connectivity index (χ1) is 17.1. The summed E-state index contributed by atoms with van der Waals surface area (Å²) in [5.74, 6) is 0.576. The third kappa shape index (κ3) is 5.87. The molecule has 0 aliphatic rings. The Balaban J connectivity index is 1.63. The second-order valence-corrected chi connectivity index (χ2v) is 8.15. The lowest BCUT2D eigenvalue weighted by molar-refractivity contribution is -0.143. The van der Waals surface area contributed by atoms with Crippen molar-refractivity contribution >= 4 is 22.9 Å². The van der Waals surface area contributed by atoms with Crippen LogP contribution in [0.2, 0.25) is 0 Å². The number of amides is 1. The molecule has 180 valence electrons. The van der Waals surface area contributed by atoms with E-state index in [1.165, 1.54) is 12.7 Å². The molecule has 1 atom stereocenters. The van der Waals surface area contributed by atoms with Gasteiger partial charge in [-0.1, -0.05) is 54.6 Å². The van der Waals surface area contributed by atoms with Crippen LogP contribution in [0.3, 0.4) is 0 Å². The van der Waals surface area contributed by atoms with Crippen LogP contribution in [0.5, 0.6) is 5.75 Å². The Bertz CT molecular complexity index is 1300. The van der Waals surface area contributed by atoms with Crippen molar-refractivity contribution in [1.29, 1.82) is 0 Å². The predicted octanol–water partition coefficient (Wildman–Crippen LogP) is 4.78. The van der Waals surface area contributed by atoms with Crippen molar-refractivity contribution in [3.05, 3.63) is 95.3 Å². The SMILES string of the molecule is CCOC(=O)CC(NC(=O)c1ccccc1OC)c1cccc2[nH]c(CCc3ccccc3)nc12. The molecule has 2 N–H and O–H groups in total. The summed E-state index contributed by atoms with van der Waals surface area (Å²) in [5.41, 5.74) is 3.95. The Morgan fingerprint density at radius 3 is 2.51 bits per heavy atom. The highest BCUT2D eigenvalue weighted by atomic mass is 16.5. The number of hydrogen-bond acceptors (Lipinski definition) is 5. The first-order valence-corrected chi connectivity index (χ1v) is 11.7. The number of rotatable bonds is 10. The summed E-state index contributed by atoms with van der Waals surface area (Å²) in [6.07, 6.45) is 1.58. The van der Waals surface area contributed by atoms with E-state index in [4.69, 9.17) is 14.5 Å². The van der Waals surface area contributed by atoms with Gasteiger partial charge in [0, 0.05) is 12.0 Å². The van der Waals surface area contributed by atoms with Crippen molar-refractivity contribution in [3.63, 3.8) is 0 Å². The number of H-pyrrole nitrogens is 1. The van der Waals surface area contributed by atoms with Gasteiger partial charge in [0.1, 0.15) is 11.6 Å². The second-order valence-electron chi connectivity index (χ2n) is 8.15. The molecule has 0 fully saturated rings. The van der Waals surface area contributed by atoms with E-state index in [9.17, 15) is 9.59 Å². The number of carbonyl (C=O) groups is 2. The fourth-order valence-electron chi connectivity index (χ4n) is 4.11. The van der Waals surface area contributed by atoms with Crippen molar-refractivity contribution in [1.82, 2.24) is 15.3 Å². The van der Waals surface area contributed by atoms with E-state index in [1.807, 2.05) is 36.4 Å². The number of aromatic amines is 1. The molecule has 7 heteroatoms. The van der Waals surface area contributed by atoms with E-state index in [-0.39, 0.29) is 18.9 Å². The number of fused-ring (bicyclic) bond motifs is 1. The van der Waals surface area contributed by atoms with Gasteiger partial charge in [0.2, 0.25) is 0 Å². The maximum absolute atomic E-state index is 13.2. The molecule has 0 saturated heterocycles. The number of aromatic nitrogens is 2. The number of para-hydroxylation sites is 2. The molecule has 4 rings (SSSR count). The van der Waals surface area contributed by atoms with Gasteiger partial charge < -0.3 is 19.8 Å². The van der Waals surface area contributed by atoms with Crippen molar-refractivity contribution < 1.29 is 19.1 Å². The van der Waals surface area contributed by atoms with Crippen LogP contribution in [0.25, 0.3) is 11.0 Å². The number of esters is 1. The minimum Gasteiger partial charge on any atom is -0.496 e. The first kappa shape index (κ1) is 24.0. The van der Waals surface area contributed by atoms with Crippen molar-refractivity contribution in [2.75, 3.05) is 13.7 Å². The fraction of sp³-hybridized carbons (Fsp3) is 0.250. The highest BCUT2D eigenvalue weighted by Gasteiger charge is 2.24. The van der Waals surface area contributed by atoms with Gasteiger partial charge in [-0.2, -0.15) is 0 Å². The lowest BCUT2D eigenvalue weighted by atomic mass is 10.0. The summed E-state index contributed by atoms with van der Waals surface area (Å²) in [6, 6.07) is 22.3. The highest BCUT2D eigenvalue weighted by molar-refractivity contribution is 5.97. The quantitative estimate of drug-likeness (QED) is 0.325. The van der Waals surface area contributed by atoms with E-state index >= 15 is 0 Å². The van der Waals surface area contributed by atoms with Gasteiger partial charge in [0.15, 0.2) is 0 Å². The minimum absolute atomic E-state index is 0.0138. The summed E-state index contributed by atoms with van der Waals surface area (Å²) in [4.78, 5) is 33.8. The third-order valence-corrected chi connectivity index (χ3v) is 5.79. The van der Waals surface area contributed by atoms with Crippen molar-refractivity contribution in [2.45, 2.75) is 32.2 Å². The van der Waals surface area contributed by atoms with Gasteiger partial charge in [-0.3, -0.25) is 9.59 Å². The standard InChI is InChI=1S/C28H29N3O4/c1-3-35-26(32)18-23(30-28(33)21-12-7-8-15-24(21)34-2)20-13-9-14-22-27(20)31-25(29-22)17-16-19-10-5-4-6-11-19/h4-15,23H,3,16-18H2,1-2H3,(H,29,31)(H,30,33). The van der Waals surface area contributed by atoms with Crippen LogP contribution in [0.1, 0.15) is 46.7 Å². The van der Waals surface area contributed by atoms with Crippen LogP contribution in [0, 0.1) is 0 Å². The number of aryl methyl sites for hydroxylation is 2. The van der Waals surface area contributed by atoms with Gasteiger partial charge in [-0.15, -0.1) is 0 Å². The summed E-state index contributed by atoms with van der Waals surface area (Å²) in [6.45, 7) is 2.02.